The van der Waals surface area contributed by atoms with E-state index in [0.717, 1.165) is 34.4 Å². The number of sulfonamides is 1. The number of hydrogen-bond donors (Lipinski definition) is 2. The van der Waals surface area contributed by atoms with Crippen molar-refractivity contribution in [2.75, 3.05) is 5.32 Å². The summed E-state index contributed by atoms with van der Waals surface area (Å²) < 4.78 is 27.1. The van der Waals surface area contributed by atoms with E-state index in [-0.39, 0.29) is 6.04 Å². The number of rotatable bonds is 6. The Morgan fingerprint density at radius 3 is 2.58 bits per heavy atom. The Labute approximate surface area is 156 Å². The molecule has 1 fully saturated rings. The van der Waals surface area contributed by atoms with Crippen LogP contribution in [0.3, 0.4) is 0 Å². The molecule has 2 aromatic heterocycles. The second-order valence-electron chi connectivity index (χ2n) is 6.58. The summed E-state index contributed by atoms with van der Waals surface area (Å²) >= 11 is 1.66. The van der Waals surface area contributed by atoms with E-state index in [1.807, 2.05) is 12.1 Å². The van der Waals surface area contributed by atoms with Crippen LogP contribution in [0.15, 0.2) is 35.5 Å². The van der Waals surface area contributed by atoms with Gasteiger partial charge in [-0.15, -0.1) is 11.3 Å². The number of fused-ring (bicyclic) bond motifs is 1. The van der Waals surface area contributed by atoms with Crippen molar-refractivity contribution in [1.82, 2.24) is 14.7 Å². The van der Waals surface area contributed by atoms with Crippen molar-refractivity contribution >= 4 is 37.4 Å². The molecular weight excluding hydrogens is 368 g/mol. The van der Waals surface area contributed by atoms with Gasteiger partial charge in [0.1, 0.15) is 17.0 Å². The quantitative estimate of drug-likeness (QED) is 0.676. The van der Waals surface area contributed by atoms with Gasteiger partial charge in [-0.2, -0.15) is 0 Å². The Morgan fingerprint density at radius 2 is 1.88 bits per heavy atom. The summed E-state index contributed by atoms with van der Waals surface area (Å²) in [6.45, 7) is 4.73. The first-order valence-corrected chi connectivity index (χ1v) is 10.8. The van der Waals surface area contributed by atoms with Gasteiger partial charge in [0.05, 0.1) is 10.3 Å². The maximum Gasteiger partial charge on any atom is 0.240 e. The molecular formula is C18H20N4O2S2. The Hall–Kier alpha value is -2.03. The topological polar surface area (TPSA) is 84.0 Å². The summed E-state index contributed by atoms with van der Waals surface area (Å²) in [7, 11) is -3.40. The SMILES string of the molecule is Cc1sc2ncnc(NCc3ccc(S(=O)(=O)NC4CC4)cc3)c2c1C. The highest BCUT2D eigenvalue weighted by Gasteiger charge is 2.27. The van der Waals surface area contributed by atoms with Crippen molar-refractivity contribution in [3.63, 3.8) is 0 Å². The van der Waals surface area contributed by atoms with Gasteiger partial charge in [-0.1, -0.05) is 12.1 Å². The Morgan fingerprint density at radius 1 is 1.15 bits per heavy atom. The van der Waals surface area contributed by atoms with E-state index < -0.39 is 10.0 Å². The van der Waals surface area contributed by atoms with Crippen molar-refractivity contribution in [1.29, 1.82) is 0 Å². The van der Waals surface area contributed by atoms with Crippen molar-refractivity contribution in [2.45, 2.75) is 44.2 Å². The molecule has 1 aliphatic carbocycles. The molecule has 1 saturated carbocycles. The van der Waals surface area contributed by atoms with Gasteiger partial charge in [0, 0.05) is 17.5 Å². The summed E-state index contributed by atoms with van der Waals surface area (Å²) in [6.07, 6.45) is 3.42. The first-order chi connectivity index (χ1) is 12.4. The average Bonchev–Trinajstić information content (AvgIpc) is 3.37. The third kappa shape index (κ3) is 3.44. The Kier molecular flexibility index (Phi) is 4.42. The molecule has 136 valence electrons. The first-order valence-electron chi connectivity index (χ1n) is 8.50. The molecule has 4 rings (SSSR count). The second kappa shape index (κ2) is 6.61. The summed E-state index contributed by atoms with van der Waals surface area (Å²) in [6, 6.07) is 7.07. The predicted molar refractivity (Wildman–Crippen MR) is 104 cm³/mol. The number of hydrogen-bond acceptors (Lipinski definition) is 6. The fourth-order valence-corrected chi connectivity index (χ4v) is 5.08. The molecule has 6 nitrogen and oxygen atoms in total. The van der Waals surface area contributed by atoms with Gasteiger partial charge in [-0.3, -0.25) is 0 Å². The molecule has 0 aliphatic heterocycles. The van der Waals surface area contributed by atoms with Gasteiger partial charge in [-0.05, 0) is 49.9 Å². The lowest BCUT2D eigenvalue weighted by molar-refractivity contribution is 0.581. The lowest BCUT2D eigenvalue weighted by atomic mass is 10.2. The Balaban J connectivity index is 1.50. The maximum atomic E-state index is 12.2. The molecule has 0 unspecified atom stereocenters. The highest BCUT2D eigenvalue weighted by Crippen LogP contribution is 2.32. The van der Waals surface area contributed by atoms with Crippen LogP contribution in [0.2, 0.25) is 0 Å². The summed E-state index contributed by atoms with van der Waals surface area (Å²) in [4.78, 5) is 11.2. The maximum absolute atomic E-state index is 12.2. The normalized spacial score (nSPS) is 14.7. The fourth-order valence-electron chi connectivity index (χ4n) is 2.78. The van der Waals surface area contributed by atoms with Gasteiger partial charge in [0.15, 0.2) is 0 Å². The van der Waals surface area contributed by atoms with Crippen molar-refractivity contribution in [2.24, 2.45) is 0 Å². The lowest BCUT2D eigenvalue weighted by Gasteiger charge is -2.09. The number of aromatic nitrogens is 2. The Bertz CT molecular complexity index is 1050. The van der Waals surface area contributed by atoms with E-state index in [9.17, 15) is 8.42 Å². The zero-order valence-electron chi connectivity index (χ0n) is 14.6. The molecule has 0 bridgehead atoms. The lowest BCUT2D eigenvalue weighted by Crippen LogP contribution is -2.25. The minimum Gasteiger partial charge on any atom is -0.365 e. The van der Waals surface area contributed by atoms with Gasteiger partial charge < -0.3 is 5.32 Å². The summed E-state index contributed by atoms with van der Waals surface area (Å²) in [5, 5.41) is 4.41. The van der Waals surface area contributed by atoms with E-state index in [1.165, 1.54) is 10.4 Å². The standard InChI is InChI=1S/C18H20N4O2S2/c1-11-12(2)25-18-16(11)17(20-10-21-18)19-9-13-3-7-15(8-4-13)26(23,24)22-14-5-6-14/h3-4,7-8,10,14,22H,5-6,9H2,1-2H3,(H,19,20,21). The highest BCUT2D eigenvalue weighted by atomic mass is 32.2. The third-order valence-corrected chi connectivity index (χ3v) is 7.21. The van der Waals surface area contributed by atoms with Crippen LogP contribution in [-0.2, 0) is 16.6 Å². The molecule has 1 aliphatic rings. The smallest absolute Gasteiger partial charge is 0.240 e. The zero-order valence-corrected chi connectivity index (χ0v) is 16.2. The molecule has 2 N–H and O–H groups in total. The summed E-state index contributed by atoms with van der Waals surface area (Å²) in [5.41, 5.74) is 2.19. The fraction of sp³-hybridized carbons (Fsp3) is 0.333. The molecule has 0 spiro atoms. The molecule has 0 amide bonds. The van der Waals surface area contributed by atoms with Crippen LogP contribution in [0.25, 0.3) is 10.2 Å². The van der Waals surface area contributed by atoms with Crippen molar-refractivity contribution in [3.05, 3.63) is 46.6 Å². The van der Waals surface area contributed by atoms with Gasteiger partial charge >= 0.3 is 0 Å². The zero-order chi connectivity index (χ0) is 18.3. The van der Waals surface area contributed by atoms with Crippen LogP contribution in [0, 0.1) is 13.8 Å². The van der Waals surface area contributed by atoms with E-state index >= 15 is 0 Å². The number of nitrogens with zero attached hydrogens (tertiary/aromatic N) is 2. The van der Waals surface area contributed by atoms with Crippen LogP contribution < -0.4 is 10.0 Å². The second-order valence-corrected chi connectivity index (χ2v) is 9.50. The number of nitrogens with one attached hydrogen (secondary N) is 2. The van der Waals surface area contributed by atoms with Crippen molar-refractivity contribution in [3.8, 4) is 0 Å². The number of thiophene rings is 1. The predicted octanol–water partition coefficient (Wildman–Crippen LogP) is 3.36. The summed E-state index contributed by atoms with van der Waals surface area (Å²) in [5.74, 6) is 0.809. The number of benzene rings is 1. The molecule has 26 heavy (non-hydrogen) atoms. The van der Waals surface area contributed by atoms with Gasteiger partial charge in [0.2, 0.25) is 10.0 Å². The minimum atomic E-state index is -3.40. The molecule has 1 aromatic carbocycles. The van der Waals surface area contributed by atoms with Gasteiger partial charge in [-0.25, -0.2) is 23.1 Å². The number of anilines is 1. The molecule has 0 saturated heterocycles. The van der Waals surface area contributed by atoms with E-state index in [4.69, 9.17) is 0 Å². The molecule has 2 heterocycles. The average molecular weight is 389 g/mol. The van der Waals surface area contributed by atoms with Crippen LogP contribution in [0.4, 0.5) is 5.82 Å². The first kappa shape index (κ1) is 17.4. The van der Waals surface area contributed by atoms with Crippen LogP contribution in [-0.4, -0.2) is 24.4 Å². The van der Waals surface area contributed by atoms with Crippen LogP contribution >= 0.6 is 11.3 Å². The van der Waals surface area contributed by atoms with E-state index in [1.54, 1.807) is 29.8 Å². The minimum absolute atomic E-state index is 0.110. The molecule has 0 radical (unpaired) electrons. The molecule has 3 aromatic rings. The van der Waals surface area contributed by atoms with Crippen molar-refractivity contribution < 1.29 is 8.42 Å². The van der Waals surface area contributed by atoms with Gasteiger partial charge in [0.25, 0.3) is 0 Å². The highest BCUT2D eigenvalue weighted by molar-refractivity contribution is 7.89. The van der Waals surface area contributed by atoms with E-state index in [0.29, 0.717) is 11.4 Å². The molecule has 0 atom stereocenters. The third-order valence-electron chi connectivity index (χ3n) is 4.56. The monoisotopic (exact) mass is 388 g/mol. The van der Waals surface area contributed by atoms with Crippen LogP contribution in [0.1, 0.15) is 28.8 Å². The number of aryl methyl sites for hydroxylation is 2. The van der Waals surface area contributed by atoms with Crippen LogP contribution in [0.5, 0.6) is 0 Å². The molecule has 8 heteroatoms. The van der Waals surface area contributed by atoms with E-state index in [2.05, 4.69) is 33.9 Å². The largest absolute Gasteiger partial charge is 0.365 e.